The van der Waals surface area contributed by atoms with Gasteiger partial charge in [-0.3, -0.25) is 0 Å². The van der Waals surface area contributed by atoms with Crippen LogP contribution < -0.4 is 0 Å². The zero-order valence-electron chi connectivity index (χ0n) is 8.83. The third-order valence-corrected chi connectivity index (χ3v) is 2.81. The van der Waals surface area contributed by atoms with Gasteiger partial charge in [-0.05, 0) is 30.9 Å². The first-order chi connectivity index (χ1) is 5.96. The Hall–Kier alpha value is -0.820. The number of rotatable bonds is 2. The minimum absolute atomic E-state index is 0.230. The lowest BCUT2D eigenvalue weighted by Crippen LogP contribution is -2.28. The second-order valence-corrected chi connectivity index (χ2v) is 4.12. The third kappa shape index (κ3) is 1.92. The van der Waals surface area contributed by atoms with Crippen molar-refractivity contribution in [1.29, 1.82) is 0 Å². The predicted octanol–water partition coefficient (Wildman–Crippen LogP) is 2.86. The van der Waals surface area contributed by atoms with Crippen molar-refractivity contribution in [2.75, 3.05) is 0 Å². The van der Waals surface area contributed by atoms with Crippen molar-refractivity contribution in [2.45, 2.75) is 33.3 Å². The highest BCUT2D eigenvalue weighted by Gasteiger charge is 2.28. The average molecular weight is 178 g/mol. The molecule has 0 unspecified atom stereocenters. The minimum atomic E-state index is -0.717. The lowest BCUT2D eigenvalue weighted by molar-refractivity contribution is 0.00848. The van der Waals surface area contributed by atoms with E-state index >= 15 is 0 Å². The van der Waals surface area contributed by atoms with E-state index in [1.54, 1.807) is 0 Å². The fourth-order valence-corrected chi connectivity index (χ4v) is 1.45. The molecule has 1 rings (SSSR count). The van der Waals surface area contributed by atoms with Gasteiger partial charge >= 0.3 is 0 Å². The van der Waals surface area contributed by atoms with Crippen molar-refractivity contribution in [3.8, 4) is 0 Å². The molecule has 0 radical (unpaired) electrons. The Balaban J connectivity index is 3.14. The van der Waals surface area contributed by atoms with Crippen LogP contribution in [0.5, 0.6) is 0 Å². The van der Waals surface area contributed by atoms with Crippen molar-refractivity contribution >= 4 is 0 Å². The van der Waals surface area contributed by atoms with E-state index in [2.05, 4.69) is 0 Å². The van der Waals surface area contributed by atoms with E-state index in [1.807, 2.05) is 52.0 Å². The molecule has 0 saturated carbocycles. The maximum Gasteiger partial charge on any atom is 0.0893 e. The molecule has 1 nitrogen and oxygen atoms in total. The molecule has 0 saturated heterocycles. The van der Waals surface area contributed by atoms with Crippen LogP contribution in [-0.4, -0.2) is 5.11 Å². The maximum atomic E-state index is 10.2. The van der Waals surface area contributed by atoms with E-state index in [0.29, 0.717) is 0 Å². The molecule has 0 aromatic heterocycles. The Labute approximate surface area is 80.4 Å². The monoisotopic (exact) mass is 178 g/mol. The van der Waals surface area contributed by atoms with Crippen LogP contribution in [0.1, 0.15) is 31.9 Å². The molecule has 0 heterocycles. The SMILES string of the molecule is Cc1ccccc1[C@@](C)(O)C(C)C. The van der Waals surface area contributed by atoms with Gasteiger partial charge in [-0.1, -0.05) is 38.1 Å². The number of hydrogen-bond acceptors (Lipinski definition) is 1. The molecule has 13 heavy (non-hydrogen) atoms. The van der Waals surface area contributed by atoms with Gasteiger partial charge in [0.1, 0.15) is 0 Å². The molecule has 1 atom stereocenters. The van der Waals surface area contributed by atoms with Gasteiger partial charge in [0.2, 0.25) is 0 Å². The van der Waals surface area contributed by atoms with Crippen LogP contribution in [0.4, 0.5) is 0 Å². The van der Waals surface area contributed by atoms with Gasteiger partial charge in [-0.2, -0.15) is 0 Å². The number of hydrogen-bond donors (Lipinski definition) is 1. The summed E-state index contributed by atoms with van der Waals surface area (Å²) in [6.45, 7) is 7.98. The standard InChI is InChI=1S/C12H18O/c1-9(2)12(4,13)11-8-6-5-7-10(11)3/h5-9,13H,1-4H3/t12-/m0/s1. The van der Waals surface area contributed by atoms with Gasteiger partial charge in [0.05, 0.1) is 5.60 Å². The van der Waals surface area contributed by atoms with E-state index in [-0.39, 0.29) is 5.92 Å². The highest BCUT2D eigenvalue weighted by molar-refractivity contribution is 5.30. The van der Waals surface area contributed by atoms with Crippen LogP contribution in [0.3, 0.4) is 0 Å². The van der Waals surface area contributed by atoms with Gasteiger partial charge in [0.25, 0.3) is 0 Å². The van der Waals surface area contributed by atoms with Crippen molar-refractivity contribution in [3.63, 3.8) is 0 Å². The van der Waals surface area contributed by atoms with Crippen LogP contribution in [0, 0.1) is 12.8 Å². The zero-order valence-corrected chi connectivity index (χ0v) is 8.83. The van der Waals surface area contributed by atoms with Gasteiger partial charge in [-0.25, -0.2) is 0 Å². The van der Waals surface area contributed by atoms with E-state index in [4.69, 9.17) is 0 Å². The van der Waals surface area contributed by atoms with Crippen LogP contribution in [-0.2, 0) is 5.60 Å². The van der Waals surface area contributed by atoms with E-state index in [1.165, 1.54) is 0 Å². The Bertz CT molecular complexity index is 287. The highest BCUT2D eigenvalue weighted by atomic mass is 16.3. The second-order valence-electron chi connectivity index (χ2n) is 4.12. The summed E-state index contributed by atoms with van der Waals surface area (Å²) >= 11 is 0. The predicted molar refractivity (Wildman–Crippen MR) is 55.6 cm³/mol. The summed E-state index contributed by atoms with van der Waals surface area (Å²) in [5.74, 6) is 0.230. The van der Waals surface area contributed by atoms with Crippen LogP contribution >= 0.6 is 0 Å². The number of benzene rings is 1. The van der Waals surface area contributed by atoms with Crippen LogP contribution in [0.2, 0.25) is 0 Å². The minimum Gasteiger partial charge on any atom is -0.385 e. The van der Waals surface area contributed by atoms with Crippen molar-refractivity contribution in [1.82, 2.24) is 0 Å². The summed E-state index contributed by atoms with van der Waals surface area (Å²) in [6.07, 6.45) is 0. The number of aryl methyl sites for hydroxylation is 1. The molecule has 72 valence electrons. The van der Waals surface area contributed by atoms with E-state index in [0.717, 1.165) is 11.1 Å². The van der Waals surface area contributed by atoms with Gasteiger partial charge in [0.15, 0.2) is 0 Å². The van der Waals surface area contributed by atoms with Crippen LogP contribution in [0.25, 0.3) is 0 Å². The molecule has 0 aliphatic heterocycles. The molecule has 0 aliphatic rings. The smallest absolute Gasteiger partial charge is 0.0893 e. The summed E-state index contributed by atoms with van der Waals surface area (Å²) < 4.78 is 0. The second kappa shape index (κ2) is 3.51. The summed E-state index contributed by atoms with van der Waals surface area (Å²) in [6, 6.07) is 8.00. The topological polar surface area (TPSA) is 20.2 Å². The Morgan fingerprint density at radius 1 is 1.23 bits per heavy atom. The molecular weight excluding hydrogens is 160 g/mol. The molecule has 0 fully saturated rings. The molecule has 0 spiro atoms. The summed E-state index contributed by atoms with van der Waals surface area (Å²) in [7, 11) is 0. The largest absolute Gasteiger partial charge is 0.385 e. The first kappa shape index (κ1) is 10.3. The molecule has 1 N–H and O–H groups in total. The quantitative estimate of drug-likeness (QED) is 0.738. The van der Waals surface area contributed by atoms with Gasteiger partial charge < -0.3 is 5.11 Å². The fourth-order valence-electron chi connectivity index (χ4n) is 1.45. The molecule has 1 heteroatoms. The maximum absolute atomic E-state index is 10.2. The molecule has 1 aromatic rings. The Kier molecular flexibility index (Phi) is 2.77. The van der Waals surface area contributed by atoms with Gasteiger partial charge in [0, 0.05) is 0 Å². The Morgan fingerprint density at radius 2 is 1.77 bits per heavy atom. The molecule has 0 amide bonds. The first-order valence-electron chi connectivity index (χ1n) is 4.74. The number of aliphatic hydroxyl groups is 1. The zero-order chi connectivity index (χ0) is 10.1. The lowest BCUT2D eigenvalue weighted by atomic mass is 9.83. The molecule has 1 aromatic carbocycles. The Morgan fingerprint density at radius 3 is 2.23 bits per heavy atom. The normalized spacial score (nSPS) is 15.8. The summed E-state index contributed by atoms with van der Waals surface area (Å²) in [5.41, 5.74) is 1.47. The van der Waals surface area contributed by atoms with Gasteiger partial charge in [-0.15, -0.1) is 0 Å². The first-order valence-corrected chi connectivity index (χ1v) is 4.74. The summed E-state index contributed by atoms with van der Waals surface area (Å²) in [5, 5.41) is 10.2. The van der Waals surface area contributed by atoms with Crippen LogP contribution in [0.15, 0.2) is 24.3 Å². The van der Waals surface area contributed by atoms with E-state index in [9.17, 15) is 5.11 Å². The molecule has 0 bridgehead atoms. The van der Waals surface area contributed by atoms with Crippen molar-refractivity contribution in [2.24, 2.45) is 5.92 Å². The average Bonchev–Trinajstić information content (AvgIpc) is 2.04. The highest BCUT2D eigenvalue weighted by Crippen LogP contribution is 2.30. The lowest BCUT2D eigenvalue weighted by Gasteiger charge is -2.29. The van der Waals surface area contributed by atoms with Crippen molar-refractivity contribution < 1.29 is 5.11 Å². The fraction of sp³-hybridized carbons (Fsp3) is 0.500. The van der Waals surface area contributed by atoms with Crippen molar-refractivity contribution in [3.05, 3.63) is 35.4 Å². The summed E-state index contributed by atoms with van der Waals surface area (Å²) in [4.78, 5) is 0. The third-order valence-electron chi connectivity index (χ3n) is 2.81. The molecular formula is C12H18O. The molecule has 0 aliphatic carbocycles. The van der Waals surface area contributed by atoms with E-state index < -0.39 is 5.60 Å².